The average molecular weight is 658 g/mol. The third-order valence-corrected chi connectivity index (χ3v) is 9.06. The molecule has 0 heterocycles. The third-order valence-electron chi connectivity index (χ3n) is 9.06. The molecule has 0 radical (unpaired) electrons. The zero-order valence-corrected chi connectivity index (χ0v) is 31.3. The number of amides is 1. The first-order valence-corrected chi connectivity index (χ1v) is 20.4. The maximum absolute atomic E-state index is 12.3. The van der Waals surface area contributed by atoms with Crippen molar-refractivity contribution in [3.63, 3.8) is 0 Å². The SMILES string of the molecule is CCCCCCC/C=C\C/C=C\C/C=C\CCCCCCCCCCCCC(=O)NC(CO)C(O)/C=C/CCCCCCCCCC. The van der Waals surface area contributed by atoms with E-state index in [0.29, 0.717) is 6.42 Å². The van der Waals surface area contributed by atoms with Crippen molar-refractivity contribution in [3.8, 4) is 0 Å². The molecule has 2 atom stereocenters. The summed E-state index contributed by atoms with van der Waals surface area (Å²) in [5, 5.41) is 22.9. The molecule has 0 aliphatic rings. The second kappa shape index (κ2) is 38.8. The highest BCUT2D eigenvalue weighted by atomic mass is 16.3. The fourth-order valence-electron chi connectivity index (χ4n) is 5.89. The van der Waals surface area contributed by atoms with Gasteiger partial charge in [-0.05, 0) is 57.8 Å². The van der Waals surface area contributed by atoms with E-state index in [2.05, 4.69) is 55.6 Å². The quantitative estimate of drug-likeness (QED) is 0.0464. The molecule has 3 N–H and O–H groups in total. The number of carbonyl (C=O) groups is 1. The molecule has 2 unspecified atom stereocenters. The van der Waals surface area contributed by atoms with Gasteiger partial charge in [-0.3, -0.25) is 4.79 Å². The van der Waals surface area contributed by atoms with Crippen LogP contribution < -0.4 is 5.32 Å². The van der Waals surface area contributed by atoms with E-state index < -0.39 is 12.1 Å². The molecule has 0 aromatic carbocycles. The number of aliphatic hydroxyl groups excluding tert-OH is 2. The first-order valence-electron chi connectivity index (χ1n) is 20.4. The van der Waals surface area contributed by atoms with Crippen molar-refractivity contribution < 1.29 is 15.0 Å². The Morgan fingerprint density at radius 3 is 1.30 bits per heavy atom. The third kappa shape index (κ3) is 35.5. The van der Waals surface area contributed by atoms with E-state index >= 15 is 0 Å². The summed E-state index contributed by atoms with van der Waals surface area (Å²) in [4.78, 5) is 12.3. The van der Waals surface area contributed by atoms with E-state index in [-0.39, 0.29) is 12.5 Å². The maximum atomic E-state index is 12.3. The van der Waals surface area contributed by atoms with Gasteiger partial charge in [0.15, 0.2) is 0 Å². The minimum absolute atomic E-state index is 0.0719. The number of aliphatic hydroxyl groups is 2. The van der Waals surface area contributed by atoms with Crippen LogP contribution in [0, 0.1) is 0 Å². The van der Waals surface area contributed by atoms with Crippen LogP contribution in [0.2, 0.25) is 0 Å². The Balaban J connectivity index is 3.57. The molecule has 0 bridgehead atoms. The van der Waals surface area contributed by atoms with Crippen LogP contribution in [0.3, 0.4) is 0 Å². The molecule has 1 amide bonds. The van der Waals surface area contributed by atoms with Gasteiger partial charge < -0.3 is 15.5 Å². The first-order chi connectivity index (χ1) is 23.2. The average Bonchev–Trinajstić information content (AvgIpc) is 3.07. The van der Waals surface area contributed by atoms with Crippen LogP contribution >= 0.6 is 0 Å². The number of rotatable bonds is 36. The molecular weight excluding hydrogens is 578 g/mol. The van der Waals surface area contributed by atoms with Gasteiger partial charge in [-0.1, -0.05) is 184 Å². The summed E-state index contributed by atoms with van der Waals surface area (Å²) in [6.07, 6.45) is 52.1. The molecule has 4 nitrogen and oxygen atoms in total. The van der Waals surface area contributed by atoms with Gasteiger partial charge in [0.25, 0.3) is 0 Å². The van der Waals surface area contributed by atoms with Gasteiger partial charge in [0.1, 0.15) is 0 Å². The lowest BCUT2D eigenvalue weighted by Crippen LogP contribution is -2.45. The highest BCUT2D eigenvalue weighted by molar-refractivity contribution is 5.76. The number of hydrogen-bond donors (Lipinski definition) is 3. The molecule has 0 aromatic heterocycles. The summed E-state index contributed by atoms with van der Waals surface area (Å²) in [6, 6.07) is -0.623. The predicted molar refractivity (Wildman–Crippen MR) is 207 cm³/mol. The largest absolute Gasteiger partial charge is 0.394 e. The molecule has 47 heavy (non-hydrogen) atoms. The zero-order valence-electron chi connectivity index (χ0n) is 31.3. The minimum Gasteiger partial charge on any atom is -0.394 e. The van der Waals surface area contributed by atoms with Gasteiger partial charge in [-0.2, -0.15) is 0 Å². The minimum atomic E-state index is -0.839. The topological polar surface area (TPSA) is 69.6 Å². The van der Waals surface area contributed by atoms with Crippen molar-refractivity contribution in [3.05, 3.63) is 48.6 Å². The zero-order chi connectivity index (χ0) is 34.3. The van der Waals surface area contributed by atoms with Gasteiger partial charge in [-0.25, -0.2) is 0 Å². The molecule has 0 aromatic rings. The van der Waals surface area contributed by atoms with Crippen LogP contribution in [-0.4, -0.2) is 34.9 Å². The smallest absolute Gasteiger partial charge is 0.220 e. The lowest BCUT2D eigenvalue weighted by atomic mass is 10.0. The highest BCUT2D eigenvalue weighted by Crippen LogP contribution is 2.13. The molecule has 0 spiro atoms. The molecule has 0 saturated carbocycles. The molecule has 274 valence electrons. The standard InChI is InChI=1S/C43H79NO3/c1-3-5-7-9-11-13-15-16-17-18-19-20-21-22-23-24-25-26-27-28-29-31-33-35-37-39-43(47)44-41(40-45)42(46)38-36-34-32-30-14-12-10-8-6-4-2/h15-16,18-19,21-22,36,38,41-42,45-46H,3-14,17,20,23-35,37,39-40H2,1-2H3,(H,44,47)/b16-15-,19-18-,22-21-,38-36+. The van der Waals surface area contributed by atoms with Crippen LogP contribution in [0.25, 0.3) is 0 Å². The second-order valence-corrected chi connectivity index (χ2v) is 13.7. The summed E-state index contributed by atoms with van der Waals surface area (Å²) in [6.45, 7) is 4.27. The summed E-state index contributed by atoms with van der Waals surface area (Å²) in [5.41, 5.74) is 0. The molecule has 0 aliphatic carbocycles. The van der Waals surface area contributed by atoms with Gasteiger partial charge in [0, 0.05) is 6.42 Å². The van der Waals surface area contributed by atoms with Gasteiger partial charge >= 0.3 is 0 Å². The van der Waals surface area contributed by atoms with Crippen LogP contribution in [-0.2, 0) is 4.79 Å². The van der Waals surface area contributed by atoms with Crippen molar-refractivity contribution in [2.75, 3.05) is 6.61 Å². The monoisotopic (exact) mass is 658 g/mol. The number of unbranched alkanes of at least 4 members (excludes halogenated alkanes) is 23. The molecule has 0 rings (SSSR count). The second-order valence-electron chi connectivity index (χ2n) is 13.7. The van der Waals surface area contributed by atoms with E-state index in [1.54, 1.807) is 6.08 Å². The number of allylic oxidation sites excluding steroid dienone is 7. The fourth-order valence-corrected chi connectivity index (χ4v) is 5.89. The Labute approximate surface area is 293 Å². The van der Waals surface area contributed by atoms with E-state index in [0.717, 1.165) is 38.5 Å². The Morgan fingerprint density at radius 1 is 0.511 bits per heavy atom. The molecular formula is C43H79NO3. The summed E-state index contributed by atoms with van der Waals surface area (Å²) >= 11 is 0. The van der Waals surface area contributed by atoms with Crippen LogP contribution in [0.4, 0.5) is 0 Å². The highest BCUT2D eigenvalue weighted by Gasteiger charge is 2.17. The first kappa shape index (κ1) is 45.3. The van der Waals surface area contributed by atoms with Crippen LogP contribution in [0.15, 0.2) is 48.6 Å². The van der Waals surface area contributed by atoms with Crippen LogP contribution in [0.5, 0.6) is 0 Å². The van der Waals surface area contributed by atoms with Crippen molar-refractivity contribution >= 4 is 5.91 Å². The Bertz CT molecular complexity index is 756. The number of nitrogens with one attached hydrogen (secondary N) is 1. The maximum Gasteiger partial charge on any atom is 0.220 e. The van der Waals surface area contributed by atoms with Gasteiger partial charge in [0.2, 0.25) is 5.91 Å². The summed E-state index contributed by atoms with van der Waals surface area (Å²) in [5.74, 6) is -0.0719. The molecule has 0 saturated heterocycles. The Kier molecular flexibility index (Phi) is 37.4. The van der Waals surface area contributed by atoms with Gasteiger partial charge in [-0.15, -0.1) is 0 Å². The molecule has 4 heteroatoms. The van der Waals surface area contributed by atoms with Crippen LogP contribution in [0.1, 0.15) is 200 Å². The molecule has 0 aliphatic heterocycles. The number of hydrogen-bond acceptors (Lipinski definition) is 3. The fraction of sp³-hybridized carbons (Fsp3) is 0.791. The molecule has 0 fully saturated rings. The number of carbonyl (C=O) groups excluding carboxylic acids is 1. The summed E-state index contributed by atoms with van der Waals surface area (Å²) in [7, 11) is 0. The Hall–Kier alpha value is -1.65. The van der Waals surface area contributed by atoms with E-state index in [9.17, 15) is 15.0 Å². The van der Waals surface area contributed by atoms with Crippen molar-refractivity contribution in [1.82, 2.24) is 5.32 Å². The van der Waals surface area contributed by atoms with E-state index in [1.165, 1.54) is 141 Å². The van der Waals surface area contributed by atoms with Crippen molar-refractivity contribution in [2.45, 2.75) is 212 Å². The van der Waals surface area contributed by atoms with E-state index in [4.69, 9.17) is 0 Å². The van der Waals surface area contributed by atoms with Crippen molar-refractivity contribution in [1.29, 1.82) is 0 Å². The van der Waals surface area contributed by atoms with Crippen molar-refractivity contribution in [2.24, 2.45) is 0 Å². The lowest BCUT2D eigenvalue weighted by molar-refractivity contribution is -0.123. The van der Waals surface area contributed by atoms with E-state index in [1.807, 2.05) is 6.08 Å². The summed E-state index contributed by atoms with van der Waals surface area (Å²) < 4.78 is 0. The Morgan fingerprint density at radius 2 is 0.872 bits per heavy atom. The normalized spacial score (nSPS) is 13.5. The van der Waals surface area contributed by atoms with Gasteiger partial charge in [0.05, 0.1) is 18.8 Å². The predicted octanol–water partition coefficient (Wildman–Crippen LogP) is 12.4. The lowest BCUT2D eigenvalue weighted by Gasteiger charge is -2.20.